The SMILES string of the molecule is CC(C)C1CCCN1C(=O)c1cc(Br)cc(C(=O)O)c1. The molecular weight excluding hydrogens is 322 g/mol. The van der Waals surface area contributed by atoms with Gasteiger partial charge in [-0.25, -0.2) is 4.79 Å². The van der Waals surface area contributed by atoms with Gasteiger partial charge in [-0.05, 0) is 37.0 Å². The van der Waals surface area contributed by atoms with Crippen LogP contribution in [0.15, 0.2) is 22.7 Å². The van der Waals surface area contributed by atoms with Crippen LogP contribution in [0.1, 0.15) is 47.4 Å². The average molecular weight is 340 g/mol. The summed E-state index contributed by atoms with van der Waals surface area (Å²) in [5, 5.41) is 9.08. The van der Waals surface area contributed by atoms with Crippen molar-refractivity contribution in [2.45, 2.75) is 32.7 Å². The predicted octanol–water partition coefficient (Wildman–Crippen LogP) is 3.41. The van der Waals surface area contributed by atoms with E-state index in [4.69, 9.17) is 5.11 Å². The van der Waals surface area contributed by atoms with Gasteiger partial charge in [0, 0.05) is 22.6 Å². The number of hydrogen-bond acceptors (Lipinski definition) is 2. The molecule has 4 nitrogen and oxygen atoms in total. The van der Waals surface area contributed by atoms with Gasteiger partial charge >= 0.3 is 5.97 Å². The maximum atomic E-state index is 12.6. The third-order valence-electron chi connectivity index (χ3n) is 3.72. The van der Waals surface area contributed by atoms with E-state index in [9.17, 15) is 9.59 Å². The second-order valence-corrected chi connectivity index (χ2v) is 6.40. The van der Waals surface area contributed by atoms with E-state index in [1.165, 1.54) is 12.1 Å². The predicted molar refractivity (Wildman–Crippen MR) is 80.0 cm³/mol. The molecule has 1 amide bonds. The van der Waals surface area contributed by atoms with Gasteiger partial charge in [0.2, 0.25) is 0 Å². The lowest BCUT2D eigenvalue weighted by Crippen LogP contribution is -2.38. The van der Waals surface area contributed by atoms with Crippen molar-refractivity contribution in [2.24, 2.45) is 5.92 Å². The van der Waals surface area contributed by atoms with Crippen molar-refractivity contribution in [3.8, 4) is 0 Å². The van der Waals surface area contributed by atoms with Crippen LogP contribution in [0.5, 0.6) is 0 Å². The van der Waals surface area contributed by atoms with Crippen molar-refractivity contribution in [3.63, 3.8) is 0 Å². The highest BCUT2D eigenvalue weighted by Crippen LogP contribution is 2.26. The first-order chi connectivity index (χ1) is 9.40. The number of carboxylic acids is 1. The fraction of sp³-hybridized carbons (Fsp3) is 0.467. The molecule has 1 aromatic rings. The molecule has 20 heavy (non-hydrogen) atoms. The summed E-state index contributed by atoms with van der Waals surface area (Å²) in [4.78, 5) is 25.6. The van der Waals surface area contributed by atoms with Crippen molar-refractivity contribution in [2.75, 3.05) is 6.54 Å². The number of halogens is 1. The standard InChI is InChI=1S/C15H18BrNO3/c1-9(2)13-4-3-5-17(13)14(18)10-6-11(15(19)20)8-12(16)7-10/h6-9,13H,3-5H2,1-2H3,(H,19,20). The molecule has 5 heteroatoms. The molecule has 0 aliphatic carbocycles. The summed E-state index contributed by atoms with van der Waals surface area (Å²) in [7, 11) is 0. The molecule has 0 spiro atoms. The summed E-state index contributed by atoms with van der Waals surface area (Å²) in [5.74, 6) is -0.695. The monoisotopic (exact) mass is 339 g/mol. The molecule has 1 unspecified atom stereocenters. The second kappa shape index (κ2) is 5.95. The quantitative estimate of drug-likeness (QED) is 0.917. The number of nitrogens with zero attached hydrogens (tertiary/aromatic N) is 1. The average Bonchev–Trinajstić information content (AvgIpc) is 2.86. The molecule has 1 atom stereocenters. The number of hydrogen-bond donors (Lipinski definition) is 1. The van der Waals surface area contributed by atoms with Gasteiger partial charge in [-0.1, -0.05) is 29.8 Å². The Morgan fingerprint density at radius 1 is 1.30 bits per heavy atom. The van der Waals surface area contributed by atoms with E-state index in [2.05, 4.69) is 29.8 Å². The molecule has 1 saturated heterocycles. The Hall–Kier alpha value is -1.36. The van der Waals surface area contributed by atoms with E-state index >= 15 is 0 Å². The van der Waals surface area contributed by atoms with Crippen molar-refractivity contribution in [1.29, 1.82) is 0 Å². The molecule has 1 aliphatic rings. The highest BCUT2D eigenvalue weighted by atomic mass is 79.9. The molecule has 108 valence electrons. The van der Waals surface area contributed by atoms with E-state index < -0.39 is 5.97 Å². The second-order valence-electron chi connectivity index (χ2n) is 5.49. The van der Waals surface area contributed by atoms with E-state index in [-0.39, 0.29) is 17.5 Å². The van der Waals surface area contributed by atoms with Gasteiger partial charge in [0.15, 0.2) is 0 Å². The minimum absolute atomic E-state index is 0.0787. The Morgan fingerprint density at radius 2 is 1.95 bits per heavy atom. The summed E-state index contributed by atoms with van der Waals surface area (Å²) in [5.41, 5.74) is 0.562. The van der Waals surface area contributed by atoms with Crippen LogP contribution < -0.4 is 0 Å². The topological polar surface area (TPSA) is 57.6 Å². The number of likely N-dealkylation sites (tertiary alicyclic amines) is 1. The van der Waals surface area contributed by atoms with E-state index in [1.807, 2.05) is 4.90 Å². The van der Waals surface area contributed by atoms with Crippen LogP contribution >= 0.6 is 15.9 Å². The molecule has 1 heterocycles. The molecule has 0 saturated carbocycles. The zero-order valence-electron chi connectivity index (χ0n) is 11.6. The van der Waals surface area contributed by atoms with Gasteiger partial charge in [-0.15, -0.1) is 0 Å². The number of aromatic carboxylic acids is 1. The molecule has 0 radical (unpaired) electrons. The number of rotatable bonds is 3. The minimum Gasteiger partial charge on any atom is -0.478 e. The Bertz CT molecular complexity index is 542. The molecule has 1 aliphatic heterocycles. The summed E-state index contributed by atoms with van der Waals surface area (Å²) in [6.45, 7) is 4.97. The van der Waals surface area contributed by atoms with Crippen LogP contribution in [0, 0.1) is 5.92 Å². The van der Waals surface area contributed by atoms with Crippen LogP contribution in [0.4, 0.5) is 0 Å². The summed E-state index contributed by atoms with van der Waals surface area (Å²) < 4.78 is 0.612. The highest BCUT2D eigenvalue weighted by Gasteiger charge is 2.31. The van der Waals surface area contributed by atoms with Crippen molar-refractivity contribution >= 4 is 27.8 Å². The van der Waals surface area contributed by atoms with Crippen LogP contribution in [-0.2, 0) is 0 Å². The number of amides is 1. The molecule has 0 aromatic heterocycles. The zero-order chi connectivity index (χ0) is 14.9. The fourth-order valence-electron chi connectivity index (χ4n) is 2.74. The molecule has 2 rings (SSSR count). The molecule has 1 fully saturated rings. The molecule has 1 N–H and O–H groups in total. The van der Waals surface area contributed by atoms with Crippen LogP contribution in [-0.4, -0.2) is 34.5 Å². The Kier molecular flexibility index (Phi) is 4.48. The van der Waals surface area contributed by atoms with Gasteiger partial charge < -0.3 is 10.0 Å². The Morgan fingerprint density at radius 3 is 2.55 bits per heavy atom. The first kappa shape index (κ1) is 15.0. The summed E-state index contributed by atoms with van der Waals surface area (Å²) in [6, 6.07) is 4.88. The lowest BCUT2D eigenvalue weighted by atomic mass is 10.0. The van der Waals surface area contributed by atoms with Crippen molar-refractivity contribution in [1.82, 2.24) is 4.90 Å². The van der Waals surface area contributed by atoms with Gasteiger partial charge in [-0.2, -0.15) is 0 Å². The van der Waals surface area contributed by atoms with Crippen LogP contribution in [0.25, 0.3) is 0 Å². The van der Waals surface area contributed by atoms with Gasteiger partial charge in [0.05, 0.1) is 5.56 Å². The largest absolute Gasteiger partial charge is 0.478 e. The van der Waals surface area contributed by atoms with E-state index in [0.29, 0.717) is 16.0 Å². The Labute approximate surface area is 126 Å². The Balaban J connectivity index is 2.31. The normalized spacial score (nSPS) is 18.6. The first-order valence-corrected chi connectivity index (χ1v) is 7.54. The number of carbonyl (C=O) groups excluding carboxylic acids is 1. The third kappa shape index (κ3) is 3.03. The first-order valence-electron chi connectivity index (χ1n) is 6.75. The number of carboxylic acid groups (broad SMARTS) is 1. The van der Waals surface area contributed by atoms with Gasteiger partial charge in [0.1, 0.15) is 0 Å². The van der Waals surface area contributed by atoms with Gasteiger partial charge in [0.25, 0.3) is 5.91 Å². The minimum atomic E-state index is -1.03. The van der Waals surface area contributed by atoms with Crippen LogP contribution in [0.2, 0.25) is 0 Å². The molecular formula is C15H18BrNO3. The van der Waals surface area contributed by atoms with Crippen molar-refractivity contribution in [3.05, 3.63) is 33.8 Å². The maximum Gasteiger partial charge on any atom is 0.335 e. The summed E-state index contributed by atoms with van der Waals surface area (Å²) in [6.07, 6.45) is 2.03. The van der Waals surface area contributed by atoms with Crippen molar-refractivity contribution < 1.29 is 14.7 Å². The third-order valence-corrected chi connectivity index (χ3v) is 4.18. The number of benzene rings is 1. The lowest BCUT2D eigenvalue weighted by Gasteiger charge is -2.28. The fourth-order valence-corrected chi connectivity index (χ4v) is 3.23. The van der Waals surface area contributed by atoms with E-state index in [1.54, 1.807) is 6.07 Å². The van der Waals surface area contributed by atoms with Crippen LogP contribution in [0.3, 0.4) is 0 Å². The van der Waals surface area contributed by atoms with E-state index in [0.717, 1.165) is 19.4 Å². The maximum absolute atomic E-state index is 12.6. The zero-order valence-corrected chi connectivity index (χ0v) is 13.2. The highest BCUT2D eigenvalue weighted by molar-refractivity contribution is 9.10. The molecule has 1 aromatic carbocycles. The lowest BCUT2D eigenvalue weighted by molar-refractivity contribution is 0.0696. The molecule has 0 bridgehead atoms. The number of carbonyl (C=O) groups is 2. The summed E-state index contributed by atoms with van der Waals surface area (Å²) >= 11 is 3.27. The van der Waals surface area contributed by atoms with Gasteiger partial charge in [-0.3, -0.25) is 4.79 Å². The smallest absolute Gasteiger partial charge is 0.335 e.